The van der Waals surface area contributed by atoms with Crippen molar-refractivity contribution in [3.8, 4) is 0 Å². The minimum absolute atomic E-state index is 0.00750. The quantitative estimate of drug-likeness (QED) is 0.601. The highest BCUT2D eigenvalue weighted by atomic mass is 16.6. The van der Waals surface area contributed by atoms with Gasteiger partial charge in [-0.05, 0) is 18.9 Å². The Labute approximate surface area is 100 Å². The highest BCUT2D eigenvalue weighted by Gasteiger charge is 2.20. The van der Waals surface area contributed by atoms with Crippen molar-refractivity contribution in [2.75, 3.05) is 24.6 Å². The van der Waals surface area contributed by atoms with Gasteiger partial charge in [0.1, 0.15) is 0 Å². The fraction of sp³-hybridized carbons (Fsp3) is 0.545. The molecule has 1 rings (SSSR count). The summed E-state index contributed by atoms with van der Waals surface area (Å²) in [6, 6.07) is 1.50. The van der Waals surface area contributed by atoms with E-state index < -0.39 is 4.92 Å². The lowest BCUT2D eigenvalue weighted by molar-refractivity contribution is -0.384. The number of nitro groups is 1. The molecule has 0 aliphatic rings. The molecule has 0 saturated carbocycles. The fourth-order valence-corrected chi connectivity index (χ4v) is 1.64. The molecular weight excluding hydrogens is 222 g/mol. The normalized spacial score (nSPS) is 10.3. The average molecular weight is 239 g/mol. The number of nitrogens with zero attached hydrogens (tertiary/aromatic N) is 3. The highest BCUT2D eigenvalue weighted by molar-refractivity contribution is 5.58. The van der Waals surface area contributed by atoms with Crippen LogP contribution in [-0.4, -0.2) is 34.7 Å². The zero-order valence-electron chi connectivity index (χ0n) is 10.1. The first-order chi connectivity index (χ1) is 8.10. The molecule has 0 spiro atoms. The minimum Gasteiger partial charge on any atom is -0.395 e. The lowest BCUT2D eigenvalue weighted by Crippen LogP contribution is -2.29. The van der Waals surface area contributed by atoms with Crippen molar-refractivity contribution in [3.63, 3.8) is 0 Å². The molecule has 17 heavy (non-hydrogen) atoms. The maximum atomic E-state index is 11.0. The van der Waals surface area contributed by atoms with Gasteiger partial charge < -0.3 is 10.0 Å². The largest absolute Gasteiger partial charge is 0.395 e. The summed E-state index contributed by atoms with van der Waals surface area (Å²) in [6.45, 7) is 4.68. The number of anilines is 1. The predicted molar refractivity (Wildman–Crippen MR) is 65.2 cm³/mol. The maximum absolute atomic E-state index is 11.0. The van der Waals surface area contributed by atoms with Crippen LogP contribution in [0.4, 0.5) is 11.5 Å². The van der Waals surface area contributed by atoms with E-state index in [0.717, 1.165) is 12.0 Å². The molecule has 0 atom stereocenters. The van der Waals surface area contributed by atoms with Crippen LogP contribution in [0, 0.1) is 17.0 Å². The van der Waals surface area contributed by atoms with E-state index in [2.05, 4.69) is 4.98 Å². The van der Waals surface area contributed by atoms with Crippen LogP contribution in [0.25, 0.3) is 0 Å². The van der Waals surface area contributed by atoms with Gasteiger partial charge in [-0.2, -0.15) is 0 Å². The highest BCUT2D eigenvalue weighted by Crippen LogP contribution is 2.26. The molecule has 0 unspecified atom stereocenters. The van der Waals surface area contributed by atoms with Crippen molar-refractivity contribution in [2.24, 2.45) is 0 Å². The van der Waals surface area contributed by atoms with Gasteiger partial charge in [-0.1, -0.05) is 6.92 Å². The molecule has 0 aliphatic heterocycles. The third kappa shape index (κ3) is 3.39. The summed E-state index contributed by atoms with van der Waals surface area (Å²) in [5, 5.41) is 19.9. The lowest BCUT2D eigenvalue weighted by atomic mass is 10.2. The Hall–Kier alpha value is -1.69. The third-order valence-electron chi connectivity index (χ3n) is 2.34. The average Bonchev–Trinajstić information content (AvgIpc) is 2.28. The number of aliphatic hydroxyl groups is 1. The van der Waals surface area contributed by atoms with Gasteiger partial charge >= 0.3 is 5.69 Å². The van der Waals surface area contributed by atoms with Crippen molar-refractivity contribution in [2.45, 2.75) is 20.3 Å². The second-order valence-electron chi connectivity index (χ2n) is 3.82. The Morgan fingerprint density at radius 2 is 2.24 bits per heavy atom. The van der Waals surface area contributed by atoms with Gasteiger partial charge in [-0.25, -0.2) is 4.98 Å². The zero-order chi connectivity index (χ0) is 12.8. The van der Waals surface area contributed by atoms with Crippen LogP contribution in [0.2, 0.25) is 0 Å². The van der Waals surface area contributed by atoms with Gasteiger partial charge in [0, 0.05) is 25.4 Å². The first-order valence-corrected chi connectivity index (χ1v) is 5.57. The predicted octanol–water partition coefficient (Wildman–Crippen LogP) is 1.51. The first-order valence-electron chi connectivity index (χ1n) is 5.57. The minimum atomic E-state index is -0.435. The monoisotopic (exact) mass is 239 g/mol. The van der Waals surface area contributed by atoms with Crippen LogP contribution in [0.1, 0.15) is 18.9 Å². The number of aryl methyl sites for hydroxylation is 1. The van der Waals surface area contributed by atoms with Crippen LogP contribution in [0.3, 0.4) is 0 Å². The summed E-state index contributed by atoms with van der Waals surface area (Å²) in [5.74, 6) is 0.330. The molecule has 1 aromatic heterocycles. The molecule has 0 bridgehead atoms. The molecular formula is C11H17N3O3. The molecule has 0 aliphatic carbocycles. The molecule has 0 radical (unpaired) electrons. The molecule has 1 heterocycles. The topological polar surface area (TPSA) is 79.5 Å². The van der Waals surface area contributed by atoms with E-state index in [9.17, 15) is 10.1 Å². The number of aromatic nitrogens is 1. The van der Waals surface area contributed by atoms with Crippen LogP contribution in [0.15, 0.2) is 12.3 Å². The van der Waals surface area contributed by atoms with Gasteiger partial charge in [-0.3, -0.25) is 10.1 Å². The molecule has 0 saturated heterocycles. The van der Waals surface area contributed by atoms with E-state index in [-0.39, 0.29) is 12.3 Å². The fourth-order valence-electron chi connectivity index (χ4n) is 1.64. The molecule has 6 heteroatoms. The number of hydrogen-bond donors (Lipinski definition) is 1. The Bertz CT molecular complexity index is 390. The van der Waals surface area contributed by atoms with E-state index >= 15 is 0 Å². The van der Waals surface area contributed by atoms with E-state index in [4.69, 9.17) is 5.11 Å². The van der Waals surface area contributed by atoms with Crippen molar-refractivity contribution >= 4 is 11.5 Å². The van der Waals surface area contributed by atoms with Crippen molar-refractivity contribution in [3.05, 3.63) is 27.9 Å². The molecule has 0 amide bonds. The molecule has 0 aromatic carbocycles. The van der Waals surface area contributed by atoms with Gasteiger partial charge in [0.25, 0.3) is 0 Å². The Morgan fingerprint density at radius 3 is 2.76 bits per heavy atom. The van der Waals surface area contributed by atoms with Crippen LogP contribution < -0.4 is 4.90 Å². The van der Waals surface area contributed by atoms with Crippen LogP contribution in [0.5, 0.6) is 0 Å². The number of rotatable bonds is 6. The Kier molecular flexibility index (Phi) is 4.84. The van der Waals surface area contributed by atoms with Crippen molar-refractivity contribution < 1.29 is 10.0 Å². The summed E-state index contributed by atoms with van der Waals surface area (Å²) in [6.07, 6.45) is 2.44. The summed E-state index contributed by atoms with van der Waals surface area (Å²) >= 11 is 0. The smallest absolute Gasteiger partial charge is 0.311 e. The molecule has 1 N–H and O–H groups in total. The summed E-state index contributed by atoms with van der Waals surface area (Å²) in [7, 11) is 0. The summed E-state index contributed by atoms with van der Waals surface area (Å²) < 4.78 is 0. The Balaban J connectivity index is 3.12. The van der Waals surface area contributed by atoms with E-state index in [1.165, 1.54) is 6.07 Å². The van der Waals surface area contributed by atoms with Gasteiger partial charge in [0.2, 0.25) is 5.82 Å². The van der Waals surface area contributed by atoms with Crippen LogP contribution in [-0.2, 0) is 0 Å². The van der Waals surface area contributed by atoms with Gasteiger partial charge in [0.05, 0.1) is 11.5 Å². The van der Waals surface area contributed by atoms with E-state index in [1.807, 2.05) is 6.92 Å². The molecule has 94 valence electrons. The Morgan fingerprint density at radius 1 is 1.53 bits per heavy atom. The summed E-state index contributed by atoms with van der Waals surface area (Å²) in [5.41, 5.74) is 0.743. The maximum Gasteiger partial charge on any atom is 0.311 e. The number of hydrogen-bond acceptors (Lipinski definition) is 5. The second-order valence-corrected chi connectivity index (χ2v) is 3.82. The lowest BCUT2D eigenvalue weighted by Gasteiger charge is -2.21. The third-order valence-corrected chi connectivity index (χ3v) is 2.34. The van der Waals surface area contributed by atoms with Crippen LogP contribution >= 0.6 is 0 Å². The molecule has 1 aromatic rings. The van der Waals surface area contributed by atoms with Gasteiger partial charge in [-0.15, -0.1) is 0 Å². The van der Waals surface area contributed by atoms with Crippen molar-refractivity contribution in [1.82, 2.24) is 4.98 Å². The van der Waals surface area contributed by atoms with E-state index in [0.29, 0.717) is 18.9 Å². The number of pyridine rings is 1. The SMILES string of the molecule is CCCN(CCO)c1ncc(C)cc1[N+](=O)[O-]. The molecule has 6 nitrogen and oxygen atoms in total. The van der Waals surface area contributed by atoms with E-state index in [1.54, 1.807) is 18.0 Å². The van der Waals surface area contributed by atoms with Gasteiger partial charge in [0.15, 0.2) is 0 Å². The van der Waals surface area contributed by atoms with Crippen molar-refractivity contribution in [1.29, 1.82) is 0 Å². The number of aliphatic hydroxyl groups excluding tert-OH is 1. The first kappa shape index (κ1) is 13.4. The zero-order valence-corrected chi connectivity index (χ0v) is 10.1. The second kappa shape index (κ2) is 6.15. The standard InChI is InChI=1S/C11H17N3O3/c1-3-4-13(5-6-15)11-10(14(16)17)7-9(2)8-12-11/h7-8,15H,3-6H2,1-2H3. The summed E-state index contributed by atoms with van der Waals surface area (Å²) in [4.78, 5) is 16.4. The molecule has 0 fully saturated rings.